The molecular weight excluding hydrogens is 317 g/mol. The predicted octanol–water partition coefficient (Wildman–Crippen LogP) is 0.860. The van der Waals surface area contributed by atoms with Crippen molar-refractivity contribution in [2.75, 3.05) is 25.7 Å². The molecule has 0 radical (unpaired) electrons. The molecule has 84 valence electrons. The zero-order valence-electron chi connectivity index (χ0n) is 8.44. The summed E-state index contributed by atoms with van der Waals surface area (Å²) in [5, 5.41) is 0. The summed E-state index contributed by atoms with van der Waals surface area (Å²) in [7, 11) is -1.37. The van der Waals surface area contributed by atoms with Crippen molar-refractivity contribution in [2.45, 2.75) is 25.0 Å². The standard InChI is InChI=1S/C8H16INO3S/c1-13-8(6-14(2,11)12)7-4-3-5-10(7)9/h7-8H,3-6H2,1-2H3/t7-,8+/m0/s1. The molecule has 6 heteroatoms. The molecule has 2 atom stereocenters. The van der Waals surface area contributed by atoms with E-state index in [4.69, 9.17) is 4.74 Å². The molecule has 1 saturated heterocycles. The van der Waals surface area contributed by atoms with Crippen LogP contribution in [0, 0.1) is 0 Å². The third kappa shape index (κ3) is 3.63. The van der Waals surface area contributed by atoms with Crippen LogP contribution in [-0.4, -0.2) is 49.3 Å². The first-order valence-electron chi connectivity index (χ1n) is 4.57. The Morgan fingerprint density at radius 3 is 2.64 bits per heavy atom. The van der Waals surface area contributed by atoms with E-state index in [1.54, 1.807) is 7.11 Å². The van der Waals surface area contributed by atoms with Crippen LogP contribution in [0.5, 0.6) is 0 Å². The van der Waals surface area contributed by atoms with Crippen molar-refractivity contribution in [1.29, 1.82) is 0 Å². The Morgan fingerprint density at radius 1 is 1.64 bits per heavy atom. The maximum Gasteiger partial charge on any atom is 0.150 e. The van der Waals surface area contributed by atoms with E-state index < -0.39 is 9.84 Å². The molecule has 4 nitrogen and oxygen atoms in total. The lowest BCUT2D eigenvalue weighted by molar-refractivity contribution is 0.0772. The van der Waals surface area contributed by atoms with Crippen LogP contribution in [0.3, 0.4) is 0 Å². The van der Waals surface area contributed by atoms with Crippen LogP contribution < -0.4 is 0 Å². The maximum absolute atomic E-state index is 11.2. The van der Waals surface area contributed by atoms with Crippen LogP contribution in [0.15, 0.2) is 0 Å². The summed E-state index contributed by atoms with van der Waals surface area (Å²) in [6.45, 7) is 1.02. The van der Waals surface area contributed by atoms with Crippen molar-refractivity contribution < 1.29 is 13.2 Å². The van der Waals surface area contributed by atoms with Gasteiger partial charge >= 0.3 is 0 Å². The topological polar surface area (TPSA) is 46.6 Å². The van der Waals surface area contributed by atoms with Gasteiger partial charge in [0.25, 0.3) is 0 Å². The van der Waals surface area contributed by atoms with Gasteiger partial charge in [0.15, 0.2) is 0 Å². The van der Waals surface area contributed by atoms with Gasteiger partial charge in [0.1, 0.15) is 9.84 Å². The van der Waals surface area contributed by atoms with E-state index in [9.17, 15) is 8.42 Å². The molecule has 0 bridgehead atoms. The zero-order valence-corrected chi connectivity index (χ0v) is 11.4. The number of halogens is 1. The van der Waals surface area contributed by atoms with E-state index in [1.165, 1.54) is 6.26 Å². The Labute approximate surface area is 99.4 Å². The highest BCUT2D eigenvalue weighted by Crippen LogP contribution is 2.25. The molecule has 0 amide bonds. The molecule has 1 fully saturated rings. The third-order valence-electron chi connectivity index (χ3n) is 2.43. The van der Waals surface area contributed by atoms with E-state index in [-0.39, 0.29) is 17.9 Å². The third-order valence-corrected chi connectivity index (χ3v) is 4.56. The van der Waals surface area contributed by atoms with Crippen molar-refractivity contribution in [3.8, 4) is 0 Å². The fraction of sp³-hybridized carbons (Fsp3) is 1.00. The van der Waals surface area contributed by atoms with E-state index in [0.29, 0.717) is 0 Å². The summed E-state index contributed by atoms with van der Waals surface area (Å²) in [5.74, 6) is 0.119. The number of ether oxygens (including phenoxy) is 1. The Balaban J connectivity index is 2.62. The first-order chi connectivity index (χ1) is 6.44. The van der Waals surface area contributed by atoms with Gasteiger partial charge in [-0.2, -0.15) is 0 Å². The minimum Gasteiger partial charge on any atom is -0.379 e. The van der Waals surface area contributed by atoms with E-state index in [2.05, 4.69) is 26.0 Å². The molecule has 0 N–H and O–H groups in total. The Kier molecular flexibility index (Phi) is 4.60. The molecule has 0 aliphatic carbocycles. The van der Waals surface area contributed by atoms with Crippen LogP contribution in [-0.2, 0) is 14.6 Å². The van der Waals surface area contributed by atoms with Gasteiger partial charge in [-0.05, 0) is 12.8 Å². The zero-order chi connectivity index (χ0) is 10.8. The number of hydrogen-bond acceptors (Lipinski definition) is 4. The summed E-state index contributed by atoms with van der Waals surface area (Å²) in [5.41, 5.74) is 0. The molecule has 0 aromatic rings. The summed E-state index contributed by atoms with van der Waals surface area (Å²) in [4.78, 5) is 0. The smallest absolute Gasteiger partial charge is 0.150 e. The van der Waals surface area contributed by atoms with Gasteiger partial charge < -0.3 is 4.74 Å². The molecule has 0 saturated carbocycles. The van der Waals surface area contributed by atoms with Crippen molar-refractivity contribution in [3.63, 3.8) is 0 Å². The predicted molar refractivity (Wildman–Crippen MR) is 64.3 cm³/mol. The molecule has 1 rings (SSSR count). The lowest BCUT2D eigenvalue weighted by Crippen LogP contribution is -2.39. The molecule has 14 heavy (non-hydrogen) atoms. The van der Waals surface area contributed by atoms with Crippen molar-refractivity contribution in [1.82, 2.24) is 3.11 Å². The molecule has 0 unspecified atom stereocenters. The number of sulfone groups is 1. The molecule has 1 aliphatic heterocycles. The lowest BCUT2D eigenvalue weighted by Gasteiger charge is -2.25. The van der Waals surface area contributed by atoms with Gasteiger partial charge in [0.2, 0.25) is 0 Å². The Hall–Kier alpha value is 0.600. The minimum atomic E-state index is -2.95. The van der Waals surface area contributed by atoms with Crippen molar-refractivity contribution in [3.05, 3.63) is 0 Å². The second-order valence-electron chi connectivity index (χ2n) is 3.70. The normalized spacial score (nSPS) is 26.6. The molecule has 0 aromatic carbocycles. The first kappa shape index (κ1) is 12.7. The number of rotatable bonds is 4. The second-order valence-corrected chi connectivity index (χ2v) is 7.12. The van der Waals surface area contributed by atoms with Gasteiger partial charge in [-0.3, -0.25) is 0 Å². The van der Waals surface area contributed by atoms with E-state index in [0.717, 1.165) is 19.4 Å². The number of hydrogen-bond donors (Lipinski definition) is 0. The molecular formula is C8H16INO3S. The average molecular weight is 333 g/mol. The summed E-state index contributed by atoms with van der Waals surface area (Å²) in [6, 6.07) is 0.246. The van der Waals surface area contributed by atoms with Crippen molar-refractivity contribution in [2.24, 2.45) is 0 Å². The highest BCUT2D eigenvalue weighted by Gasteiger charge is 2.32. The maximum atomic E-state index is 11.2. The van der Waals surface area contributed by atoms with Crippen LogP contribution in [0.1, 0.15) is 12.8 Å². The minimum absolute atomic E-state index is 0.119. The van der Waals surface area contributed by atoms with Gasteiger partial charge in [-0.25, -0.2) is 11.5 Å². The second kappa shape index (κ2) is 5.09. The molecule has 1 heterocycles. The summed E-state index contributed by atoms with van der Waals surface area (Å²) < 4.78 is 29.7. The molecule has 1 aliphatic rings. The molecule has 0 spiro atoms. The van der Waals surface area contributed by atoms with E-state index in [1.807, 2.05) is 0 Å². The number of nitrogens with zero attached hydrogens (tertiary/aromatic N) is 1. The van der Waals surface area contributed by atoms with Crippen LogP contribution in [0.25, 0.3) is 0 Å². The summed E-state index contributed by atoms with van der Waals surface area (Å²) in [6.07, 6.45) is 3.21. The quantitative estimate of drug-likeness (QED) is 0.566. The van der Waals surface area contributed by atoms with E-state index >= 15 is 0 Å². The van der Waals surface area contributed by atoms with Gasteiger partial charge in [0.05, 0.1) is 11.9 Å². The first-order valence-corrected chi connectivity index (χ1v) is 7.59. The van der Waals surface area contributed by atoms with Crippen molar-refractivity contribution >= 4 is 32.7 Å². The Bertz CT molecular complexity index is 280. The van der Waals surface area contributed by atoms with Gasteiger partial charge in [-0.15, -0.1) is 0 Å². The lowest BCUT2D eigenvalue weighted by atomic mass is 10.1. The largest absolute Gasteiger partial charge is 0.379 e. The molecule has 0 aromatic heterocycles. The fourth-order valence-electron chi connectivity index (χ4n) is 1.76. The monoisotopic (exact) mass is 333 g/mol. The van der Waals surface area contributed by atoms with Crippen LogP contribution in [0.2, 0.25) is 0 Å². The number of methoxy groups -OCH3 is 1. The van der Waals surface area contributed by atoms with Crippen LogP contribution in [0.4, 0.5) is 0 Å². The average Bonchev–Trinajstić information content (AvgIpc) is 2.45. The summed E-state index contributed by atoms with van der Waals surface area (Å²) >= 11 is 2.24. The SMILES string of the molecule is CO[C@H](CS(C)(=O)=O)[C@@H]1CCCN1I. The fourth-order valence-corrected chi connectivity index (χ4v) is 3.69. The Morgan fingerprint density at radius 2 is 2.29 bits per heavy atom. The van der Waals surface area contributed by atoms with Crippen LogP contribution >= 0.6 is 22.9 Å². The highest BCUT2D eigenvalue weighted by atomic mass is 127. The van der Waals surface area contributed by atoms with Gasteiger partial charge in [-0.1, -0.05) is 0 Å². The van der Waals surface area contributed by atoms with Gasteiger partial charge in [0, 0.05) is 48.8 Å². The highest BCUT2D eigenvalue weighted by molar-refractivity contribution is 14.1.